The van der Waals surface area contributed by atoms with Gasteiger partial charge in [0.2, 0.25) is 0 Å². The minimum atomic E-state index is 0.300. The third-order valence-corrected chi connectivity index (χ3v) is 3.55. The van der Waals surface area contributed by atoms with Crippen molar-refractivity contribution in [3.8, 4) is 0 Å². The van der Waals surface area contributed by atoms with Gasteiger partial charge in [-0.05, 0) is 59.9 Å². The summed E-state index contributed by atoms with van der Waals surface area (Å²) in [5.41, 5.74) is 0.863. The molecule has 3 nitrogen and oxygen atoms in total. The van der Waals surface area contributed by atoms with Gasteiger partial charge in [-0.25, -0.2) is 0 Å². The van der Waals surface area contributed by atoms with Crippen LogP contribution in [0.25, 0.3) is 0 Å². The molecule has 0 aromatic carbocycles. The Labute approximate surface area is 110 Å². The zero-order valence-electron chi connectivity index (χ0n) is 9.79. The molecule has 1 aromatic rings. The highest BCUT2D eigenvalue weighted by Crippen LogP contribution is 2.16. The van der Waals surface area contributed by atoms with Gasteiger partial charge in [-0.3, -0.25) is 9.78 Å². The van der Waals surface area contributed by atoms with Crippen molar-refractivity contribution in [2.45, 2.75) is 25.7 Å². The predicted octanol–water partition coefficient (Wildman–Crippen LogP) is 2.35. The van der Waals surface area contributed by atoms with Gasteiger partial charge in [0.1, 0.15) is 5.78 Å². The molecule has 0 amide bonds. The maximum Gasteiger partial charge on any atom is 0.139 e. The number of rotatable bonds is 4. The van der Waals surface area contributed by atoms with Gasteiger partial charge in [0.15, 0.2) is 0 Å². The summed E-state index contributed by atoms with van der Waals surface area (Å²) in [5.74, 6) is 0.820. The third kappa shape index (κ3) is 4.21. The summed E-state index contributed by atoms with van der Waals surface area (Å²) < 4.78 is 0.949. The minimum absolute atomic E-state index is 0.300. The van der Waals surface area contributed by atoms with Crippen LogP contribution in [-0.4, -0.2) is 23.9 Å². The van der Waals surface area contributed by atoms with Crippen LogP contribution in [0.3, 0.4) is 0 Å². The first-order valence-corrected chi connectivity index (χ1v) is 6.86. The molecule has 0 saturated carbocycles. The molecule has 2 heterocycles. The molecule has 1 aliphatic rings. The molecule has 1 N–H and O–H groups in total. The molecular weight excluding hydrogens is 280 g/mol. The maximum atomic E-state index is 11.9. The lowest BCUT2D eigenvalue weighted by molar-refractivity contribution is -0.119. The number of halogens is 1. The van der Waals surface area contributed by atoms with Gasteiger partial charge in [0, 0.05) is 29.2 Å². The van der Waals surface area contributed by atoms with E-state index in [2.05, 4.69) is 26.2 Å². The van der Waals surface area contributed by atoms with E-state index >= 15 is 0 Å². The number of carbonyl (C=O) groups excluding carboxylic acids is 1. The summed E-state index contributed by atoms with van der Waals surface area (Å²) >= 11 is 3.34. The van der Waals surface area contributed by atoms with E-state index in [1.54, 1.807) is 6.20 Å². The third-order valence-electron chi connectivity index (χ3n) is 3.08. The Bertz CT molecular complexity index is 372. The Balaban J connectivity index is 1.82. The lowest BCUT2D eigenvalue weighted by Crippen LogP contribution is -2.31. The number of nitrogens with one attached hydrogen (secondary N) is 1. The van der Waals surface area contributed by atoms with Crippen molar-refractivity contribution in [2.24, 2.45) is 5.92 Å². The summed E-state index contributed by atoms with van der Waals surface area (Å²) in [6, 6.07) is 3.83. The van der Waals surface area contributed by atoms with Gasteiger partial charge in [-0.15, -0.1) is 0 Å². The number of carbonyl (C=O) groups is 1. The first-order valence-electron chi connectivity index (χ1n) is 6.07. The Morgan fingerprint density at radius 1 is 1.53 bits per heavy atom. The van der Waals surface area contributed by atoms with Crippen molar-refractivity contribution in [3.63, 3.8) is 0 Å². The molecule has 4 heteroatoms. The standard InChI is InChI=1S/C13H17BrN2O/c14-11-3-4-12(16-9-11)7-13(17)6-10-2-1-5-15-8-10/h3-4,9-10,15H,1-2,5-8H2. The fraction of sp³-hybridized carbons (Fsp3) is 0.538. The first-order chi connectivity index (χ1) is 8.24. The molecule has 0 radical (unpaired) electrons. The van der Waals surface area contributed by atoms with Crippen LogP contribution in [0, 0.1) is 5.92 Å². The maximum absolute atomic E-state index is 11.9. The molecule has 1 unspecified atom stereocenters. The van der Waals surface area contributed by atoms with Crippen LogP contribution < -0.4 is 5.32 Å². The quantitative estimate of drug-likeness (QED) is 0.927. The summed E-state index contributed by atoms with van der Waals surface area (Å²) in [6.45, 7) is 2.08. The normalized spacial score (nSPS) is 20.2. The molecule has 1 aliphatic heterocycles. The van der Waals surface area contributed by atoms with E-state index in [4.69, 9.17) is 0 Å². The van der Waals surface area contributed by atoms with Gasteiger partial charge >= 0.3 is 0 Å². The second kappa shape index (κ2) is 6.26. The number of ketones is 1. The molecule has 92 valence electrons. The first kappa shape index (κ1) is 12.7. The van der Waals surface area contributed by atoms with Crippen LogP contribution in [0.2, 0.25) is 0 Å². The fourth-order valence-electron chi connectivity index (χ4n) is 2.21. The number of aromatic nitrogens is 1. The van der Waals surface area contributed by atoms with Crippen LogP contribution in [0.4, 0.5) is 0 Å². The smallest absolute Gasteiger partial charge is 0.139 e. The Kier molecular flexibility index (Phi) is 4.68. The Hall–Kier alpha value is -0.740. The van der Waals surface area contributed by atoms with E-state index in [1.165, 1.54) is 12.8 Å². The number of pyridine rings is 1. The molecule has 1 aromatic heterocycles. The van der Waals surface area contributed by atoms with Gasteiger partial charge in [-0.1, -0.05) is 0 Å². The van der Waals surface area contributed by atoms with E-state index in [0.29, 0.717) is 24.5 Å². The van der Waals surface area contributed by atoms with Crippen LogP contribution >= 0.6 is 15.9 Å². The lowest BCUT2D eigenvalue weighted by atomic mass is 9.93. The van der Waals surface area contributed by atoms with Gasteiger partial charge in [0.25, 0.3) is 0 Å². The van der Waals surface area contributed by atoms with Crippen molar-refractivity contribution in [1.82, 2.24) is 10.3 Å². The average Bonchev–Trinajstić information content (AvgIpc) is 2.33. The molecule has 0 aliphatic carbocycles. The molecular formula is C13H17BrN2O. The summed E-state index contributed by atoms with van der Waals surface area (Å²) in [4.78, 5) is 16.1. The van der Waals surface area contributed by atoms with Crippen molar-refractivity contribution in [2.75, 3.05) is 13.1 Å². The second-order valence-electron chi connectivity index (χ2n) is 4.60. The highest BCUT2D eigenvalue weighted by atomic mass is 79.9. The number of hydrogen-bond donors (Lipinski definition) is 1. The molecule has 1 atom stereocenters. The molecule has 17 heavy (non-hydrogen) atoms. The van der Waals surface area contributed by atoms with Crippen molar-refractivity contribution >= 4 is 21.7 Å². The minimum Gasteiger partial charge on any atom is -0.316 e. The predicted molar refractivity (Wildman–Crippen MR) is 70.9 cm³/mol. The molecule has 0 spiro atoms. The monoisotopic (exact) mass is 296 g/mol. The van der Waals surface area contributed by atoms with Gasteiger partial charge < -0.3 is 5.32 Å². The largest absolute Gasteiger partial charge is 0.316 e. The number of piperidine rings is 1. The SMILES string of the molecule is O=C(Cc1ccc(Br)cn1)CC1CCCNC1. The molecule has 0 bridgehead atoms. The van der Waals surface area contributed by atoms with Crippen LogP contribution in [0.1, 0.15) is 25.0 Å². The number of Topliss-reactive ketones (excluding diaryl/α,β-unsaturated/α-hetero) is 1. The fourth-order valence-corrected chi connectivity index (χ4v) is 2.44. The van der Waals surface area contributed by atoms with Gasteiger partial charge in [0.05, 0.1) is 0 Å². The topological polar surface area (TPSA) is 42.0 Å². The summed E-state index contributed by atoms with van der Waals surface area (Å²) in [7, 11) is 0. The van der Waals surface area contributed by atoms with E-state index in [9.17, 15) is 4.79 Å². The van der Waals surface area contributed by atoms with Gasteiger partial charge in [-0.2, -0.15) is 0 Å². The molecule has 1 saturated heterocycles. The lowest BCUT2D eigenvalue weighted by Gasteiger charge is -2.21. The van der Waals surface area contributed by atoms with E-state index in [1.807, 2.05) is 12.1 Å². The zero-order valence-corrected chi connectivity index (χ0v) is 11.4. The van der Waals surface area contributed by atoms with Crippen molar-refractivity contribution in [1.29, 1.82) is 0 Å². The highest BCUT2D eigenvalue weighted by Gasteiger charge is 2.17. The summed E-state index contributed by atoms with van der Waals surface area (Å²) in [5, 5.41) is 3.34. The van der Waals surface area contributed by atoms with Crippen LogP contribution in [0.5, 0.6) is 0 Å². The highest BCUT2D eigenvalue weighted by molar-refractivity contribution is 9.10. The number of hydrogen-bond acceptors (Lipinski definition) is 3. The second-order valence-corrected chi connectivity index (χ2v) is 5.52. The summed E-state index contributed by atoms with van der Waals surface area (Å²) in [6.07, 6.45) is 5.25. The van der Waals surface area contributed by atoms with E-state index in [0.717, 1.165) is 23.3 Å². The van der Waals surface area contributed by atoms with Crippen molar-refractivity contribution in [3.05, 3.63) is 28.5 Å². The van der Waals surface area contributed by atoms with Crippen molar-refractivity contribution < 1.29 is 4.79 Å². The molecule has 1 fully saturated rings. The number of nitrogens with zero attached hydrogens (tertiary/aromatic N) is 1. The van der Waals surface area contributed by atoms with E-state index in [-0.39, 0.29) is 0 Å². The zero-order chi connectivity index (χ0) is 12.1. The molecule has 2 rings (SSSR count). The Morgan fingerprint density at radius 3 is 3.06 bits per heavy atom. The van der Waals surface area contributed by atoms with Crippen LogP contribution in [0.15, 0.2) is 22.8 Å². The van der Waals surface area contributed by atoms with Crippen LogP contribution in [-0.2, 0) is 11.2 Å². The Morgan fingerprint density at radius 2 is 2.41 bits per heavy atom. The van der Waals surface area contributed by atoms with E-state index < -0.39 is 0 Å². The average molecular weight is 297 g/mol.